The molecule has 4 nitrogen and oxygen atoms in total. The van der Waals surface area contributed by atoms with Gasteiger partial charge in [0.15, 0.2) is 5.78 Å². The normalized spacial score (nSPS) is 45.4. The van der Waals surface area contributed by atoms with Gasteiger partial charge in [-0.2, -0.15) is 0 Å². The number of ketones is 1. The van der Waals surface area contributed by atoms with Crippen LogP contribution in [-0.4, -0.2) is 27.6 Å². The first-order chi connectivity index (χ1) is 11.0. The number of aliphatic hydroxyl groups is 1. The van der Waals surface area contributed by atoms with E-state index in [0.29, 0.717) is 19.3 Å². The molecule has 2 saturated carbocycles. The van der Waals surface area contributed by atoms with Crippen molar-refractivity contribution < 1.29 is 19.8 Å². The molecule has 0 unspecified atom stereocenters. The molecule has 0 spiro atoms. The van der Waals surface area contributed by atoms with Crippen molar-refractivity contribution in [3.05, 3.63) is 11.6 Å². The number of fused-ring (bicyclic) bond motifs is 3. The van der Waals surface area contributed by atoms with E-state index < -0.39 is 17.0 Å². The third-order valence-corrected chi connectivity index (χ3v) is 7.59. The first-order valence-electron chi connectivity index (χ1n) is 9.26. The Morgan fingerprint density at radius 1 is 1.25 bits per heavy atom. The van der Waals surface area contributed by atoms with Crippen molar-refractivity contribution in [2.75, 3.05) is 0 Å². The van der Waals surface area contributed by atoms with E-state index in [2.05, 4.69) is 6.92 Å². The summed E-state index contributed by atoms with van der Waals surface area (Å²) in [6.07, 6.45) is 6.06. The van der Waals surface area contributed by atoms with Crippen molar-refractivity contribution in [1.29, 1.82) is 0 Å². The molecule has 3 aliphatic carbocycles. The van der Waals surface area contributed by atoms with Gasteiger partial charge in [0.1, 0.15) is 0 Å². The number of carboxylic acid groups (broad SMARTS) is 1. The molecule has 4 heteroatoms. The van der Waals surface area contributed by atoms with E-state index in [1.54, 1.807) is 0 Å². The molecular formula is C20H30O4. The quantitative estimate of drug-likeness (QED) is 0.809. The van der Waals surface area contributed by atoms with E-state index >= 15 is 0 Å². The minimum absolute atomic E-state index is 0.0515. The Bertz CT molecular complexity index is 607. The Kier molecular flexibility index (Phi) is 3.99. The van der Waals surface area contributed by atoms with Gasteiger partial charge in [0.25, 0.3) is 0 Å². The molecule has 0 amide bonds. The summed E-state index contributed by atoms with van der Waals surface area (Å²) in [6, 6.07) is 0. The molecule has 0 aromatic rings. The molecular weight excluding hydrogens is 304 g/mol. The largest absolute Gasteiger partial charge is 0.481 e. The van der Waals surface area contributed by atoms with Crippen LogP contribution < -0.4 is 0 Å². The molecule has 3 rings (SSSR count). The van der Waals surface area contributed by atoms with Gasteiger partial charge in [-0.1, -0.05) is 27.2 Å². The van der Waals surface area contributed by atoms with Crippen LogP contribution in [0.3, 0.4) is 0 Å². The zero-order valence-electron chi connectivity index (χ0n) is 15.3. The molecule has 134 valence electrons. The van der Waals surface area contributed by atoms with Crippen LogP contribution in [0, 0.1) is 28.6 Å². The second kappa shape index (κ2) is 5.42. The van der Waals surface area contributed by atoms with Crippen LogP contribution in [0.25, 0.3) is 0 Å². The molecule has 24 heavy (non-hydrogen) atoms. The molecule has 2 fully saturated rings. The summed E-state index contributed by atoms with van der Waals surface area (Å²) in [5.74, 6) is -0.679. The first-order valence-corrected chi connectivity index (χ1v) is 9.26. The van der Waals surface area contributed by atoms with E-state index in [0.717, 1.165) is 24.8 Å². The number of carboxylic acids is 1. The zero-order valence-corrected chi connectivity index (χ0v) is 15.3. The predicted octanol–water partition coefficient (Wildman–Crippen LogP) is 3.58. The summed E-state index contributed by atoms with van der Waals surface area (Å²) >= 11 is 0. The second-order valence-electron chi connectivity index (χ2n) is 9.10. The van der Waals surface area contributed by atoms with Gasteiger partial charge < -0.3 is 10.2 Å². The maximum atomic E-state index is 12.9. The molecule has 3 aliphatic rings. The van der Waals surface area contributed by atoms with Crippen molar-refractivity contribution in [2.45, 2.75) is 71.8 Å². The number of hydrogen-bond donors (Lipinski definition) is 2. The number of aliphatic carboxylic acids is 1. The molecule has 0 aromatic heterocycles. The third kappa shape index (κ3) is 2.29. The summed E-state index contributed by atoms with van der Waals surface area (Å²) in [7, 11) is 0. The van der Waals surface area contributed by atoms with Crippen LogP contribution in [0.15, 0.2) is 11.6 Å². The Labute approximate surface area is 144 Å². The standard InChI is InChI=1S/C20H30O4/c1-12(2)20(24)9-6-14-13(11-20)15(21)10-16-18(14,3)7-5-8-19(16,4)17(22)23/h11-12,14,16,24H,5-10H2,1-4H3,(H,22,23)/t14-,16-,18+,19-,20-/m1/s1. The van der Waals surface area contributed by atoms with Crippen molar-refractivity contribution in [1.82, 2.24) is 0 Å². The van der Waals surface area contributed by atoms with E-state index in [4.69, 9.17) is 0 Å². The molecule has 0 radical (unpaired) electrons. The maximum absolute atomic E-state index is 12.9. The Morgan fingerprint density at radius 3 is 2.50 bits per heavy atom. The van der Waals surface area contributed by atoms with E-state index in [9.17, 15) is 19.8 Å². The summed E-state index contributed by atoms with van der Waals surface area (Å²) in [4.78, 5) is 24.8. The number of rotatable bonds is 2. The number of Topliss-reactive ketones (excluding diaryl/α,β-unsaturated/α-hetero) is 1. The Balaban J connectivity index is 2.05. The molecule has 0 saturated heterocycles. The van der Waals surface area contributed by atoms with Crippen molar-refractivity contribution in [2.24, 2.45) is 28.6 Å². The van der Waals surface area contributed by atoms with Gasteiger partial charge in [0.2, 0.25) is 0 Å². The van der Waals surface area contributed by atoms with Gasteiger partial charge in [-0.25, -0.2) is 0 Å². The third-order valence-electron chi connectivity index (χ3n) is 7.59. The highest BCUT2D eigenvalue weighted by atomic mass is 16.4. The topological polar surface area (TPSA) is 74.6 Å². The minimum Gasteiger partial charge on any atom is -0.481 e. The SMILES string of the molecule is CC(C)[C@]1(O)C=C2C(=O)C[C@@H]3[C@@](C)(CCC[C@@]3(C)C(=O)O)[C@@H]2CC1. The molecule has 0 aromatic carbocycles. The van der Waals surface area contributed by atoms with Crippen LogP contribution >= 0.6 is 0 Å². The molecule has 0 heterocycles. The lowest BCUT2D eigenvalue weighted by Gasteiger charge is -2.58. The molecule has 0 aliphatic heterocycles. The Morgan fingerprint density at radius 2 is 1.92 bits per heavy atom. The van der Waals surface area contributed by atoms with Gasteiger partial charge in [-0.3, -0.25) is 9.59 Å². The van der Waals surface area contributed by atoms with Gasteiger partial charge in [0, 0.05) is 6.42 Å². The van der Waals surface area contributed by atoms with E-state index in [1.165, 1.54) is 0 Å². The van der Waals surface area contributed by atoms with Gasteiger partial charge >= 0.3 is 5.97 Å². The molecule has 0 bridgehead atoms. The lowest BCUT2D eigenvalue weighted by Crippen LogP contribution is -2.57. The average molecular weight is 334 g/mol. The van der Waals surface area contributed by atoms with Crippen LogP contribution in [0.5, 0.6) is 0 Å². The lowest BCUT2D eigenvalue weighted by molar-refractivity contribution is -0.166. The van der Waals surface area contributed by atoms with Crippen molar-refractivity contribution in [3.8, 4) is 0 Å². The lowest BCUT2D eigenvalue weighted by atomic mass is 9.45. The van der Waals surface area contributed by atoms with Crippen LogP contribution in [0.4, 0.5) is 0 Å². The average Bonchev–Trinajstić information content (AvgIpc) is 2.49. The first kappa shape index (κ1) is 17.7. The van der Waals surface area contributed by atoms with Gasteiger partial charge in [-0.15, -0.1) is 0 Å². The van der Waals surface area contributed by atoms with E-state index in [1.807, 2.05) is 26.8 Å². The molecule has 2 N–H and O–H groups in total. The monoisotopic (exact) mass is 334 g/mol. The summed E-state index contributed by atoms with van der Waals surface area (Å²) in [5.41, 5.74) is -1.12. The van der Waals surface area contributed by atoms with E-state index in [-0.39, 0.29) is 29.0 Å². The van der Waals surface area contributed by atoms with Gasteiger partial charge in [-0.05, 0) is 67.4 Å². The van der Waals surface area contributed by atoms with Gasteiger partial charge in [0.05, 0.1) is 11.0 Å². The van der Waals surface area contributed by atoms with Crippen LogP contribution in [-0.2, 0) is 9.59 Å². The summed E-state index contributed by atoms with van der Waals surface area (Å²) in [6.45, 7) is 7.98. The highest BCUT2D eigenvalue weighted by Crippen LogP contribution is 2.62. The summed E-state index contributed by atoms with van der Waals surface area (Å²) in [5, 5.41) is 20.7. The fourth-order valence-corrected chi connectivity index (χ4v) is 5.74. The summed E-state index contributed by atoms with van der Waals surface area (Å²) < 4.78 is 0. The smallest absolute Gasteiger partial charge is 0.309 e. The number of carbonyl (C=O) groups is 2. The number of allylic oxidation sites excluding steroid dienone is 1. The van der Waals surface area contributed by atoms with Crippen molar-refractivity contribution in [3.63, 3.8) is 0 Å². The van der Waals surface area contributed by atoms with Crippen molar-refractivity contribution >= 4 is 11.8 Å². The fourth-order valence-electron chi connectivity index (χ4n) is 5.74. The number of hydrogen-bond acceptors (Lipinski definition) is 3. The zero-order chi connectivity index (χ0) is 17.9. The predicted molar refractivity (Wildman–Crippen MR) is 91.4 cm³/mol. The minimum atomic E-state index is -0.907. The fraction of sp³-hybridized carbons (Fsp3) is 0.800. The number of carbonyl (C=O) groups excluding carboxylic acids is 1. The highest BCUT2D eigenvalue weighted by Gasteiger charge is 2.60. The highest BCUT2D eigenvalue weighted by molar-refractivity contribution is 5.98. The maximum Gasteiger partial charge on any atom is 0.309 e. The van der Waals surface area contributed by atoms with Crippen LogP contribution in [0.1, 0.15) is 66.2 Å². The Hall–Kier alpha value is -1.16. The second-order valence-corrected chi connectivity index (χ2v) is 9.10. The van der Waals surface area contributed by atoms with Crippen LogP contribution in [0.2, 0.25) is 0 Å². The molecule has 5 atom stereocenters.